The van der Waals surface area contributed by atoms with Crippen LogP contribution in [-0.2, 0) is 26.0 Å². The number of nitrogens with zero attached hydrogens (tertiary/aromatic N) is 1. The Kier molecular flexibility index (Phi) is 7.37. The smallest absolute Gasteiger partial charge is 0.310 e. The molecule has 0 aromatic heterocycles. The summed E-state index contributed by atoms with van der Waals surface area (Å²) in [5.41, 5.74) is 1.59. The Morgan fingerprint density at radius 2 is 1.92 bits per heavy atom. The van der Waals surface area contributed by atoms with E-state index in [1.54, 1.807) is 31.2 Å². The predicted octanol–water partition coefficient (Wildman–Crippen LogP) is 4.25. The Balaban J connectivity index is 1.58. The maximum Gasteiger partial charge on any atom is 0.310 e. The number of hydrogen-bond donors (Lipinski definition) is 1. The molecule has 0 fully saturated rings. The number of anilines is 2. The van der Waals surface area contributed by atoms with Crippen LogP contribution in [0.1, 0.15) is 22.8 Å². The number of ether oxygens (including phenoxy) is 3. The SMILES string of the molecule is CCOC(=O)Cc1cccc(NC(=O)c2ccc3c(c2)N(S(=O)(=O)c2cc(Cl)ccc2OC)CO3)c1. The standard InChI is InChI=1S/C25H23ClN2O7S/c1-3-34-24(29)12-16-5-4-6-19(11-16)27-25(30)17-7-9-21-20(13-17)28(15-35-21)36(31,32)23-14-18(26)8-10-22(23)33-2/h4-11,13-14H,3,12,15H2,1-2H3,(H,27,30). The number of methoxy groups -OCH3 is 1. The van der Waals surface area contributed by atoms with Crippen molar-refractivity contribution in [3.8, 4) is 11.5 Å². The van der Waals surface area contributed by atoms with Crippen LogP contribution in [0.4, 0.5) is 11.4 Å². The van der Waals surface area contributed by atoms with Gasteiger partial charge in [0, 0.05) is 16.3 Å². The molecule has 9 nitrogen and oxygen atoms in total. The molecular weight excluding hydrogens is 508 g/mol. The highest BCUT2D eigenvalue weighted by Crippen LogP contribution is 2.40. The number of rotatable bonds is 8. The number of benzene rings is 3. The molecule has 1 aliphatic rings. The van der Waals surface area contributed by atoms with E-state index in [1.807, 2.05) is 0 Å². The molecule has 3 aromatic rings. The molecule has 1 N–H and O–H groups in total. The normalized spacial score (nSPS) is 12.5. The van der Waals surface area contributed by atoms with Gasteiger partial charge in [-0.1, -0.05) is 23.7 Å². The van der Waals surface area contributed by atoms with Gasteiger partial charge in [-0.05, 0) is 61.0 Å². The minimum absolute atomic E-state index is 0.0769. The maximum atomic E-state index is 13.4. The second kappa shape index (κ2) is 10.5. The number of carbonyl (C=O) groups excluding carboxylic acids is 2. The molecule has 0 aliphatic carbocycles. The zero-order valence-corrected chi connectivity index (χ0v) is 21.1. The first-order valence-corrected chi connectivity index (χ1v) is 12.7. The molecule has 0 spiro atoms. The van der Waals surface area contributed by atoms with E-state index in [0.717, 1.165) is 4.31 Å². The zero-order chi connectivity index (χ0) is 25.9. The van der Waals surface area contributed by atoms with E-state index >= 15 is 0 Å². The fourth-order valence-electron chi connectivity index (χ4n) is 3.68. The van der Waals surface area contributed by atoms with Crippen molar-refractivity contribution in [2.45, 2.75) is 18.2 Å². The van der Waals surface area contributed by atoms with E-state index in [1.165, 1.54) is 43.5 Å². The van der Waals surface area contributed by atoms with Gasteiger partial charge in [-0.15, -0.1) is 0 Å². The Hall–Kier alpha value is -3.76. The third kappa shape index (κ3) is 5.24. The van der Waals surface area contributed by atoms with Crippen LogP contribution >= 0.6 is 11.6 Å². The Labute approximate surface area is 213 Å². The van der Waals surface area contributed by atoms with Gasteiger partial charge in [0.2, 0.25) is 0 Å². The first kappa shape index (κ1) is 25.3. The molecule has 188 valence electrons. The van der Waals surface area contributed by atoms with Gasteiger partial charge in [-0.2, -0.15) is 0 Å². The van der Waals surface area contributed by atoms with E-state index in [-0.39, 0.29) is 52.6 Å². The summed E-state index contributed by atoms with van der Waals surface area (Å²) in [5, 5.41) is 3.00. The summed E-state index contributed by atoms with van der Waals surface area (Å²) >= 11 is 6.04. The summed E-state index contributed by atoms with van der Waals surface area (Å²) in [5.74, 6) is -0.384. The van der Waals surface area contributed by atoms with Crippen LogP contribution in [0.2, 0.25) is 5.02 Å². The van der Waals surface area contributed by atoms with Crippen LogP contribution in [0.25, 0.3) is 0 Å². The van der Waals surface area contributed by atoms with Crippen LogP contribution in [0.15, 0.2) is 65.6 Å². The summed E-state index contributed by atoms with van der Waals surface area (Å²) in [7, 11) is -2.76. The topological polar surface area (TPSA) is 111 Å². The van der Waals surface area contributed by atoms with Crippen LogP contribution in [0.3, 0.4) is 0 Å². The molecule has 0 atom stereocenters. The molecule has 0 radical (unpaired) electrons. The van der Waals surface area contributed by atoms with Crippen molar-refractivity contribution in [2.75, 3.05) is 30.1 Å². The molecule has 3 aromatic carbocycles. The second-order valence-corrected chi connectivity index (χ2v) is 10.0. The van der Waals surface area contributed by atoms with Gasteiger partial charge in [-0.3, -0.25) is 9.59 Å². The van der Waals surface area contributed by atoms with Crippen LogP contribution < -0.4 is 19.1 Å². The molecule has 0 unspecified atom stereocenters. The van der Waals surface area contributed by atoms with E-state index in [4.69, 9.17) is 25.8 Å². The Morgan fingerprint density at radius 1 is 1.11 bits per heavy atom. The average Bonchev–Trinajstić information content (AvgIpc) is 3.28. The number of sulfonamides is 1. The van der Waals surface area contributed by atoms with E-state index in [2.05, 4.69) is 5.32 Å². The van der Waals surface area contributed by atoms with Crippen molar-refractivity contribution in [1.29, 1.82) is 0 Å². The molecule has 11 heteroatoms. The van der Waals surface area contributed by atoms with E-state index < -0.39 is 15.9 Å². The highest BCUT2D eigenvalue weighted by molar-refractivity contribution is 7.93. The quantitative estimate of drug-likeness (QED) is 0.433. The number of nitrogens with one attached hydrogen (secondary N) is 1. The molecule has 4 rings (SSSR count). The van der Waals surface area contributed by atoms with E-state index in [9.17, 15) is 18.0 Å². The molecule has 0 saturated heterocycles. The largest absolute Gasteiger partial charge is 0.495 e. The maximum absolute atomic E-state index is 13.4. The van der Waals surface area contributed by atoms with Gasteiger partial charge in [-0.25, -0.2) is 12.7 Å². The summed E-state index contributed by atoms with van der Waals surface area (Å²) in [6.45, 7) is 1.75. The minimum Gasteiger partial charge on any atom is -0.495 e. The lowest BCUT2D eigenvalue weighted by molar-refractivity contribution is -0.142. The lowest BCUT2D eigenvalue weighted by atomic mass is 10.1. The Bertz CT molecular complexity index is 1430. The highest BCUT2D eigenvalue weighted by Gasteiger charge is 2.35. The van der Waals surface area contributed by atoms with Gasteiger partial charge in [0.1, 0.15) is 16.4 Å². The van der Waals surface area contributed by atoms with E-state index in [0.29, 0.717) is 17.0 Å². The highest BCUT2D eigenvalue weighted by atomic mass is 35.5. The fourth-order valence-corrected chi connectivity index (χ4v) is 5.43. The predicted molar refractivity (Wildman–Crippen MR) is 134 cm³/mol. The summed E-state index contributed by atoms with van der Waals surface area (Å²) < 4.78 is 43.7. The number of esters is 1. The number of halogens is 1. The third-order valence-electron chi connectivity index (χ3n) is 5.36. The average molecular weight is 531 g/mol. The first-order chi connectivity index (χ1) is 17.2. The number of amides is 1. The lowest BCUT2D eigenvalue weighted by Crippen LogP contribution is -2.30. The van der Waals surface area contributed by atoms with Gasteiger partial charge in [0.05, 0.1) is 25.8 Å². The van der Waals surface area contributed by atoms with Crippen molar-refractivity contribution < 1.29 is 32.2 Å². The fraction of sp³-hybridized carbons (Fsp3) is 0.200. The monoisotopic (exact) mass is 530 g/mol. The summed E-state index contributed by atoms with van der Waals surface area (Å²) in [4.78, 5) is 24.6. The lowest BCUT2D eigenvalue weighted by Gasteiger charge is -2.19. The molecule has 1 amide bonds. The molecule has 36 heavy (non-hydrogen) atoms. The van der Waals surface area contributed by atoms with Crippen molar-refractivity contribution in [1.82, 2.24) is 0 Å². The van der Waals surface area contributed by atoms with Crippen molar-refractivity contribution in [3.05, 3.63) is 76.8 Å². The molecule has 0 saturated carbocycles. The summed E-state index contributed by atoms with van der Waals surface area (Å²) in [6.07, 6.45) is 0.0769. The van der Waals surface area contributed by atoms with Crippen LogP contribution in [-0.4, -0.2) is 40.7 Å². The molecule has 1 aliphatic heterocycles. The Morgan fingerprint density at radius 3 is 2.67 bits per heavy atom. The summed E-state index contributed by atoms with van der Waals surface area (Å²) in [6, 6.07) is 15.6. The van der Waals surface area contributed by atoms with Gasteiger partial charge >= 0.3 is 5.97 Å². The molecule has 1 heterocycles. The number of fused-ring (bicyclic) bond motifs is 1. The molecular formula is C25H23ClN2O7S. The number of hydrogen-bond acceptors (Lipinski definition) is 7. The van der Waals surface area contributed by atoms with Gasteiger partial charge in [0.25, 0.3) is 15.9 Å². The van der Waals surface area contributed by atoms with Crippen molar-refractivity contribution >= 4 is 44.9 Å². The first-order valence-electron chi connectivity index (χ1n) is 10.9. The van der Waals surface area contributed by atoms with Gasteiger partial charge in [0.15, 0.2) is 6.73 Å². The van der Waals surface area contributed by atoms with Crippen LogP contribution in [0, 0.1) is 0 Å². The van der Waals surface area contributed by atoms with Crippen molar-refractivity contribution in [2.24, 2.45) is 0 Å². The van der Waals surface area contributed by atoms with Crippen LogP contribution in [0.5, 0.6) is 11.5 Å². The number of carbonyl (C=O) groups is 2. The minimum atomic E-state index is -4.12. The zero-order valence-electron chi connectivity index (χ0n) is 19.5. The molecule has 0 bridgehead atoms. The van der Waals surface area contributed by atoms with Gasteiger partial charge < -0.3 is 19.5 Å². The second-order valence-electron chi connectivity index (χ2n) is 7.74. The van der Waals surface area contributed by atoms with Crippen molar-refractivity contribution in [3.63, 3.8) is 0 Å². The third-order valence-corrected chi connectivity index (χ3v) is 7.35.